The number of carbonyl (C=O) groups excluding carboxylic acids is 1. The molecule has 2 N–H and O–H groups in total. The van der Waals surface area contributed by atoms with Gasteiger partial charge in [0.15, 0.2) is 0 Å². The Morgan fingerprint density at radius 2 is 1.95 bits per heavy atom. The van der Waals surface area contributed by atoms with E-state index in [9.17, 15) is 4.79 Å². The molecule has 0 atom stereocenters. The van der Waals surface area contributed by atoms with Crippen molar-refractivity contribution in [1.29, 1.82) is 0 Å². The van der Waals surface area contributed by atoms with Gasteiger partial charge in [0.1, 0.15) is 0 Å². The van der Waals surface area contributed by atoms with E-state index in [4.69, 9.17) is 0 Å². The summed E-state index contributed by atoms with van der Waals surface area (Å²) in [5, 5.41) is 5.05. The summed E-state index contributed by atoms with van der Waals surface area (Å²) in [5.41, 5.74) is 5.48. The maximum absolute atomic E-state index is 12.0. The highest BCUT2D eigenvalue weighted by atomic mass is 79.9. The van der Waals surface area contributed by atoms with Crippen LogP contribution in [0.2, 0.25) is 0 Å². The molecule has 2 aromatic carbocycles. The maximum Gasteiger partial charge on any atom is 0.244 e. The number of hydrogen-bond donors (Lipinski definition) is 2. The third-order valence-electron chi connectivity index (χ3n) is 3.30. The first-order valence-corrected chi connectivity index (χ1v) is 7.64. The minimum Gasteiger partial charge on any atom is -0.361 e. The maximum atomic E-state index is 12.0. The van der Waals surface area contributed by atoms with E-state index in [0.29, 0.717) is 6.42 Å². The van der Waals surface area contributed by atoms with E-state index in [2.05, 4.69) is 31.4 Å². The van der Waals surface area contributed by atoms with Crippen LogP contribution in [0.1, 0.15) is 11.1 Å². The van der Waals surface area contributed by atoms with Gasteiger partial charge >= 0.3 is 0 Å². The smallest absolute Gasteiger partial charge is 0.244 e. The Morgan fingerprint density at radius 3 is 2.77 bits per heavy atom. The highest BCUT2D eigenvalue weighted by molar-refractivity contribution is 9.10. The van der Waals surface area contributed by atoms with E-state index >= 15 is 0 Å². The van der Waals surface area contributed by atoms with Crippen LogP contribution in [0.3, 0.4) is 0 Å². The number of hydrogen-bond acceptors (Lipinski definition) is 2. The van der Waals surface area contributed by atoms with Gasteiger partial charge in [-0.15, -0.1) is 0 Å². The van der Waals surface area contributed by atoms with Crippen LogP contribution in [0, 0.1) is 0 Å². The minimum absolute atomic E-state index is 0.141. The first kappa shape index (κ1) is 14.5. The number of aromatic amines is 1. The van der Waals surface area contributed by atoms with Crippen molar-refractivity contribution >= 4 is 39.0 Å². The van der Waals surface area contributed by atoms with Gasteiger partial charge < -0.3 is 4.98 Å². The first-order valence-electron chi connectivity index (χ1n) is 6.85. The lowest BCUT2D eigenvalue weighted by atomic mass is 10.1. The summed E-state index contributed by atoms with van der Waals surface area (Å²) >= 11 is 3.37. The molecule has 4 nitrogen and oxygen atoms in total. The van der Waals surface area contributed by atoms with Crippen LogP contribution in [0.4, 0.5) is 0 Å². The Morgan fingerprint density at radius 1 is 1.18 bits per heavy atom. The Balaban J connectivity index is 1.62. The van der Waals surface area contributed by atoms with E-state index in [1.807, 2.05) is 54.7 Å². The van der Waals surface area contributed by atoms with Crippen molar-refractivity contribution in [2.75, 3.05) is 0 Å². The van der Waals surface area contributed by atoms with E-state index in [1.165, 1.54) is 0 Å². The van der Waals surface area contributed by atoms with Gasteiger partial charge in [-0.1, -0.05) is 46.3 Å². The molecular weight excluding hydrogens is 342 g/mol. The highest BCUT2D eigenvalue weighted by Crippen LogP contribution is 2.17. The third-order valence-corrected chi connectivity index (χ3v) is 3.83. The SMILES string of the molecule is O=C(Cc1c[nH]c2ccccc12)N/N=C/c1ccc(Br)cc1. The van der Waals surface area contributed by atoms with Gasteiger partial charge in [0.2, 0.25) is 5.91 Å². The average Bonchev–Trinajstić information content (AvgIpc) is 2.93. The van der Waals surface area contributed by atoms with Crippen LogP contribution in [0.5, 0.6) is 0 Å². The molecule has 0 aliphatic carbocycles. The molecular formula is C17H14BrN3O. The molecule has 1 heterocycles. The lowest BCUT2D eigenvalue weighted by Gasteiger charge is -1.99. The van der Waals surface area contributed by atoms with Crippen molar-refractivity contribution in [3.63, 3.8) is 0 Å². The second kappa shape index (κ2) is 6.58. The molecule has 0 aliphatic rings. The minimum atomic E-state index is -0.141. The summed E-state index contributed by atoms with van der Waals surface area (Å²) in [5.74, 6) is -0.141. The number of hydrazone groups is 1. The average molecular weight is 356 g/mol. The number of nitrogens with zero attached hydrogens (tertiary/aromatic N) is 1. The van der Waals surface area contributed by atoms with Crippen LogP contribution in [0.15, 0.2) is 64.3 Å². The summed E-state index contributed by atoms with van der Waals surface area (Å²) in [7, 11) is 0. The fourth-order valence-electron chi connectivity index (χ4n) is 2.22. The normalized spacial score (nSPS) is 11.1. The zero-order valence-corrected chi connectivity index (χ0v) is 13.3. The van der Waals surface area contributed by atoms with Crippen LogP contribution < -0.4 is 5.43 Å². The van der Waals surface area contributed by atoms with Crippen molar-refractivity contribution in [2.24, 2.45) is 5.10 Å². The molecule has 1 aromatic heterocycles. The highest BCUT2D eigenvalue weighted by Gasteiger charge is 2.07. The number of carbonyl (C=O) groups is 1. The van der Waals surface area contributed by atoms with Gasteiger partial charge in [-0.25, -0.2) is 5.43 Å². The standard InChI is InChI=1S/C17H14BrN3O/c18-14-7-5-12(6-8-14)10-20-21-17(22)9-13-11-19-16-4-2-1-3-15(13)16/h1-8,10-11,19H,9H2,(H,21,22)/b20-10+. The zero-order chi connectivity index (χ0) is 15.4. The molecule has 0 fully saturated rings. The van der Waals surface area contributed by atoms with E-state index in [0.717, 1.165) is 26.5 Å². The predicted octanol–water partition coefficient (Wildman–Crippen LogP) is 3.62. The van der Waals surface area contributed by atoms with E-state index in [-0.39, 0.29) is 5.91 Å². The summed E-state index contributed by atoms with van der Waals surface area (Å²) in [6.07, 6.45) is 3.78. The largest absolute Gasteiger partial charge is 0.361 e. The number of amides is 1. The molecule has 22 heavy (non-hydrogen) atoms. The Hall–Kier alpha value is -2.40. The molecule has 0 unspecified atom stereocenters. The van der Waals surface area contributed by atoms with Crippen LogP contribution in [-0.4, -0.2) is 17.1 Å². The molecule has 0 bridgehead atoms. The molecule has 0 saturated heterocycles. The van der Waals surface area contributed by atoms with Crippen molar-refractivity contribution in [3.8, 4) is 0 Å². The third kappa shape index (κ3) is 3.43. The Labute approximate surface area is 136 Å². The van der Waals surface area contributed by atoms with Gasteiger partial charge in [0.25, 0.3) is 0 Å². The monoisotopic (exact) mass is 355 g/mol. The number of fused-ring (bicyclic) bond motifs is 1. The summed E-state index contributed by atoms with van der Waals surface area (Å²) in [6, 6.07) is 15.6. The fraction of sp³-hybridized carbons (Fsp3) is 0.0588. The molecule has 0 radical (unpaired) electrons. The van der Waals surface area contributed by atoms with E-state index < -0.39 is 0 Å². The van der Waals surface area contributed by atoms with Crippen LogP contribution in [-0.2, 0) is 11.2 Å². The molecule has 0 saturated carbocycles. The number of benzene rings is 2. The molecule has 1 amide bonds. The van der Waals surface area contributed by atoms with Gasteiger partial charge in [-0.2, -0.15) is 5.10 Å². The molecule has 0 spiro atoms. The Bertz CT molecular complexity index is 821. The number of para-hydroxylation sites is 1. The summed E-state index contributed by atoms with van der Waals surface area (Å²) in [4.78, 5) is 15.1. The van der Waals surface area contributed by atoms with Gasteiger partial charge in [-0.3, -0.25) is 4.79 Å². The number of nitrogens with one attached hydrogen (secondary N) is 2. The first-order chi connectivity index (χ1) is 10.7. The quantitative estimate of drug-likeness (QED) is 0.544. The fourth-order valence-corrected chi connectivity index (χ4v) is 2.48. The second-order valence-corrected chi connectivity index (χ2v) is 5.80. The van der Waals surface area contributed by atoms with Crippen molar-refractivity contribution in [1.82, 2.24) is 10.4 Å². The lowest BCUT2D eigenvalue weighted by molar-refractivity contribution is -0.120. The van der Waals surface area contributed by atoms with Gasteiger partial charge in [0, 0.05) is 21.6 Å². The second-order valence-electron chi connectivity index (χ2n) is 4.88. The molecule has 5 heteroatoms. The van der Waals surface area contributed by atoms with Crippen LogP contribution >= 0.6 is 15.9 Å². The number of rotatable bonds is 4. The Kier molecular flexibility index (Phi) is 4.34. The predicted molar refractivity (Wildman–Crippen MR) is 91.9 cm³/mol. The molecule has 3 rings (SSSR count). The summed E-state index contributed by atoms with van der Waals surface area (Å²) < 4.78 is 1.01. The van der Waals surface area contributed by atoms with Crippen molar-refractivity contribution in [2.45, 2.75) is 6.42 Å². The van der Waals surface area contributed by atoms with Crippen LogP contribution in [0.25, 0.3) is 10.9 Å². The lowest BCUT2D eigenvalue weighted by Crippen LogP contribution is -2.19. The number of halogens is 1. The topological polar surface area (TPSA) is 57.2 Å². The zero-order valence-electron chi connectivity index (χ0n) is 11.7. The van der Waals surface area contributed by atoms with Gasteiger partial charge in [-0.05, 0) is 29.3 Å². The number of aromatic nitrogens is 1. The summed E-state index contributed by atoms with van der Waals surface area (Å²) in [6.45, 7) is 0. The molecule has 3 aromatic rings. The number of H-pyrrole nitrogens is 1. The van der Waals surface area contributed by atoms with Gasteiger partial charge in [0.05, 0.1) is 12.6 Å². The van der Waals surface area contributed by atoms with Crippen molar-refractivity contribution in [3.05, 3.63) is 70.3 Å². The van der Waals surface area contributed by atoms with E-state index in [1.54, 1.807) is 6.21 Å². The van der Waals surface area contributed by atoms with Crippen molar-refractivity contribution < 1.29 is 4.79 Å². The molecule has 110 valence electrons. The molecule has 0 aliphatic heterocycles.